The quantitative estimate of drug-likeness (QED) is 0.370. The number of hydrogen-bond donors (Lipinski definition) is 2. The molecule has 0 aliphatic rings. The molecule has 0 saturated carbocycles. The average Bonchev–Trinajstić information content (AvgIpc) is 2.65. The third-order valence-electron chi connectivity index (χ3n) is 3.86. The van der Waals surface area contributed by atoms with Crippen LogP contribution in [0.3, 0.4) is 0 Å². The van der Waals surface area contributed by atoms with Crippen LogP contribution in [0, 0.1) is 29.1 Å². The van der Waals surface area contributed by atoms with Crippen molar-refractivity contribution in [2.45, 2.75) is 6.18 Å². The fourth-order valence-corrected chi connectivity index (χ4v) is 2.49. The van der Waals surface area contributed by atoms with Gasteiger partial charge in [-0.05, 0) is 12.1 Å². The molecule has 31 heavy (non-hydrogen) atoms. The molecule has 0 aliphatic heterocycles. The molecule has 3 aromatic carbocycles. The Kier molecular flexibility index (Phi) is 5.57. The molecule has 4 N–H and O–H groups in total. The Bertz CT molecular complexity index is 1160. The van der Waals surface area contributed by atoms with Crippen molar-refractivity contribution in [1.82, 2.24) is 0 Å². The Morgan fingerprint density at radius 2 is 1.10 bits per heavy atom. The Hall–Kier alpha value is -3.70. The second-order valence-electron chi connectivity index (χ2n) is 6.07. The van der Waals surface area contributed by atoms with E-state index < -0.39 is 75.2 Å². The Balaban J connectivity index is 2.14. The zero-order valence-electron chi connectivity index (χ0n) is 15.0. The molecule has 0 heterocycles. The van der Waals surface area contributed by atoms with Crippen molar-refractivity contribution in [3.8, 4) is 23.0 Å². The molecule has 0 unspecified atom stereocenters. The van der Waals surface area contributed by atoms with Gasteiger partial charge in [-0.2, -0.15) is 17.6 Å². The van der Waals surface area contributed by atoms with Crippen LogP contribution < -0.4 is 20.9 Å². The number of alkyl halides is 3. The summed E-state index contributed by atoms with van der Waals surface area (Å²) < 4.78 is 119. The van der Waals surface area contributed by atoms with E-state index in [4.69, 9.17) is 16.2 Å². The predicted molar refractivity (Wildman–Crippen MR) is 93.1 cm³/mol. The fourth-order valence-electron chi connectivity index (χ4n) is 2.49. The van der Waals surface area contributed by atoms with Crippen molar-refractivity contribution >= 4 is 11.4 Å². The van der Waals surface area contributed by atoms with Crippen LogP contribution in [0.15, 0.2) is 36.4 Å². The summed E-state index contributed by atoms with van der Waals surface area (Å²) in [6.07, 6.45) is -5.20. The van der Waals surface area contributed by atoms with E-state index in [1.807, 2.05) is 0 Å². The minimum absolute atomic E-state index is 0.287. The summed E-state index contributed by atoms with van der Waals surface area (Å²) in [5.74, 6) is -11.6. The number of ether oxygens (including phenoxy) is 2. The molecular weight excluding hydrogens is 440 g/mol. The predicted octanol–water partition coefficient (Wildman–Crippen LogP) is 6.15. The molecule has 3 aromatic rings. The van der Waals surface area contributed by atoms with Crippen LogP contribution in [0.25, 0.3) is 0 Å². The van der Waals surface area contributed by atoms with Crippen LogP contribution in [-0.4, -0.2) is 0 Å². The average molecular weight is 450 g/mol. The SMILES string of the molecule is Nc1cc(F)cc(Oc2ccc(C(F)(F)F)c(Oc3cc(F)cc(N)c3F)c2F)c1F. The number of hydrogen-bond acceptors (Lipinski definition) is 4. The third kappa shape index (κ3) is 4.42. The zero-order chi connectivity index (χ0) is 23.1. The summed E-state index contributed by atoms with van der Waals surface area (Å²) in [7, 11) is 0. The number of rotatable bonds is 4. The lowest BCUT2D eigenvalue weighted by atomic mass is 10.1. The van der Waals surface area contributed by atoms with Gasteiger partial charge in [0.05, 0.1) is 11.4 Å². The molecule has 164 valence electrons. The fraction of sp³-hybridized carbons (Fsp3) is 0.0526. The molecule has 0 aliphatic carbocycles. The van der Waals surface area contributed by atoms with Crippen LogP contribution in [0.5, 0.6) is 23.0 Å². The van der Waals surface area contributed by atoms with Crippen LogP contribution in [0.2, 0.25) is 0 Å². The van der Waals surface area contributed by atoms with Crippen LogP contribution >= 0.6 is 0 Å². The third-order valence-corrected chi connectivity index (χ3v) is 3.86. The minimum atomic E-state index is -5.20. The second-order valence-corrected chi connectivity index (χ2v) is 6.07. The van der Waals surface area contributed by atoms with Gasteiger partial charge in [-0.3, -0.25) is 0 Å². The molecule has 0 amide bonds. The first-order chi connectivity index (χ1) is 14.4. The summed E-state index contributed by atoms with van der Waals surface area (Å²) in [5, 5.41) is 0. The monoisotopic (exact) mass is 450 g/mol. The van der Waals surface area contributed by atoms with Crippen molar-refractivity contribution in [2.75, 3.05) is 11.5 Å². The van der Waals surface area contributed by atoms with Crippen LogP contribution in [0.4, 0.5) is 46.5 Å². The van der Waals surface area contributed by atoms with Gasteiger partial charge in [0, 0.05) is 24.3 Å². The Labute approximate surface area is 168 Å². The molecule has 12 heteroatoms. The minimum Gasteiger partial charge on any atom is -0.451 e. The first kappa shape index (κ1) is 22.0. The topological polar surface area (TPSA) is 70.5 Å². The Morgan fingerprint density at radius 3 is 1.58 bits per heavy atom. The summed E-state index contributed by atoms with van der Waals surface area (Å²) >= 11 is 0. The van der Waals surface area contributed by atoms with E-state index in [0.717, 1.165) is 0 Å². The molecular formula is C19H10F8N2O2. The highest BCUT2D eigenvalue weighted by atomic mass is 19.4. The summed E-state index contributed by atoms with van der Waals surface area (Å²) in [6.45, 7) is 0. The largest absolute Gasteiger partial charge is 0.451 e. The maximum atomic E-state index is 14.9. The van der Waals surface area contributed by atoms with E-state index >= 15 is 0 Å². The lowest BCUT2D eigenvalue weighted by Crippen LogP contribution is -2.10. The van der Waals surface area contributed by atoms with Gasteiger partial charge < -0.3 is 20.9 Å². The summed E-state index contributed by atoms with van der Waals surface area (Å²) in [4.78, 5) is 0. The maximum absolute atomic E-state index is 14.9. The van der Waals surface area contributed by atoms with Crippen LogP contribution in [0.1, 0.15) is 5.56 Å². The van der Waals surface area contributed by atoms with E-state index in [1.54, 1.807) is 0 Å². The molecule has 0 spiro atoms. The molecule has 0 saturated heterocycles. The first-order valence-corrected chi connectivity index (χ1v) is 8.13. The van der Waals surface area contributed by atoms with Crippen molar-refractivity contribution in [3.05, 3.63) is 71.0 Å². The van der Waals surface area contributed by atoms with E-state index in [-0.39, 0.29) is 6.07 Å². The number of nitrogen functional groups attached to an aromatic ring is 2. The van der Waals surface area contributed by atoms with Gasteiger partial charge in [-0.1, -0.05) is 0 Å². The van der Waals surface area contributed by atoms with E-state index in [2.05, 4.69) is 4.74 Å². The number of anilines is 2. The van der Waals surface area contributed by atoms with Gasteiger partial charge in [0.25, 0.3) is 0 Å². The normalized spacial score (nSPS) is 11.5. The van der Waals surface area contributed by atoms with Gasteiger partial charge in [-0.25, -0.2) is 17.6 Å². The van der Waals surface area contributed by atoms with E-state index in [9.17, 15) is 35.1 Å². The van der Waals surface area contributed by atoms with Gasteiger partial charge >= 0.3 is 6.18 Å². The van der Waals surface area contributed by atoms with Gasteiger partial charge in [-0.15, -0.1) is 0 Å². The highest BCUT2D eigenvalue weighted by Crippen LogP contribution is 2.44. The smallest absolute Gasteiger partial charge is 0.420 e. The van der Waals surface area contributed by atoms with Gasteiger partial charge in [0.2, 0.25) is 5.82 Å². The molecule has 0 aromatic heterocycles. The molecule has 0 atom stereocenters. The molecule has 0 fully saturated rings. The standard InChI is InChI=1S/C19H10F8N2O2/c20-7-3-10(28)15(22)13(5-7)30-12-2-1-9(19(25,26)27)18(17(12)24)31-14-6-8(21)4-11(29)16(14)23/h1-6H,28-29H2. The Morgan fingerprint density at radius 1 is 0.613 bits per heavy atom. The van der Waals surface area contributed by atoms with Crippen molar-refractivity contribution in [3.63, 3.8) is 0 Å². The van der Waals surface area contributed by atoms with Crippen LogP contribution in [-0.2, 0) is 6.18 Å². The molecule has 4 nitrogen and oxygen atoms in total. The number of halogens is 8. The summed E-state index contributed by atoms with van der Waals surface area (Å²) in [6, 6.07) is 2.68. The molecule has 0 radical (unpaired) electrons. The highest BCUT2D eigenvalue weighted by molar-refractivity contribution is 5.53. The van der Waals surface area contributed by atoms with Crippen molar-refractivity contribution < 1.29 is 44.6 Å². The lowest BCUT2D eigenvalue weighted by molar-refractivity contribution is -0.138. The van der Waals surface area contributed by atoms with E-state index in [1.165, 1.54) is 0 Å². The van der Waals surface area contributed by atoms with Gasteiger partial charge in [0.1, 0.15) is 17.2 Å². The first-order valence-electron chi connectivity index (χ1n) is 8.13. The molecule has 0 bridgehead atoms. The molecule has 3 rings (SSSR count). The maximum Gasteiger partial charge on any atom is 0.420 e. The van der Waals surface area contributed by atoms with Crippen molar-refractivity contribution in [1.29, 1.82) is 0 Å². The second kappa shape index (κ2) is 7.85. The number of nitrogens with two attached hydrogens (primary N) is 2. The summed E-state index contributed by atoms with van der Waals surface area (Å²) in [5.41, 5.74) is 7.16. The van der Waals surface area contributed by atoms with Crippen molar-refractivity contribution in [2.24, 2.45) is 0 Å². The zero-order valence-corrected chi connectivity index (χ0v) is 15.0. The van der Waals surface area contributed by atoms with Gasteiger partial charge in [0.15, 0.2) is 34.6 Å². The number of benzene rings is 3. The van der Waals surface area contributed by atoms with E-state index in [0.29, 0.717) is 30.3 Å². The lowest BCUT2D eigenvalue weighted by Gasteiger charge is -2.17. The highest BCUT2D eigenvalue weighted by Gasteiger charge is 2.38.